The second-order valence-electron chi connectivity index (χ2n) is 9.42. The van der Waals surface area contributed by atoms with Gasteiger partial charge in [0, 0.05) is 19.0 Å². The van der Waals surface area contributed by atoms with Gasteiger partial charge in [0.25, 0.3) is 10.0 Å². The molecule has 6 aromatic rings. The van der Waals surface area contributed by atoms with Crippen molar-refractivity contribution in [2.24, 2.45) is 0 Å². The zero-order valence-electron chi connectivity index (χ0n) is 22.3. The number of benzene rings is 4. The molecule has 40 heavy (non-hydrogen) atoms. The number of anilines is 1. The number of aromatic amines is 1. The Morgan fingerprint density at radius 1 is 0.875 bits per heavy atom. The van der Waals surface area contributed by atoms with Gasteiger partial charge >= 0.3 is 0 Å². The first-order valence-corrected chi connectivity index (χ1v) is 14.3. The number of aryl methyl sites for hydroxylation is 1. The van der Waals surface area contributed by atoms with Crippen LogP contribution >= 0.6 is 0 Å². The van der Waals surface area contributed by atoms with Crippen LogP contribution in [0.15, 0.2) is 95.9 Å². The van der Waals surface area contributed by atoms with Gasteiger partial charge in [-0.25, -0.2) is 18.5 Å². The number of hydrogen-bond acceptors (Lipinski definition) is 6. The normalized spacial score (nSPS) is 11.7. The monoisotopic (exact) mass is 549 g/mol. The zero-order chi connectivity index (χ0) is 27.9. The lowest BCUT2D eigenvalue weighted by Gasteiger charge is -2.20. The van der Waals surface area contributed by atoms with Crippen molar-refractivity contribution >= 4 is 26.7 Å². The molecule has 0 atom stereocenters. The average molecular weight is 550 g/mol. The summed E-state index contributed by atoms with van der Waals surface area (Å²) in [5, 5.41) is 14.5. The van der Waals surface area contributed by atoms with E-state index in [0.29, 0.717) is 17.9 Å². The smallest absolute Gasteiger partial charge is 0.264 e. The molecule has 200 valence electrons. The molecule has 0 saturated carbocycles. The molecule has 0 aliphatic carbocycles. The second-order valence-corrected chi connectivity index (χ2v) is 11.4. The molecule has 0 fully saturated rings. The highest BCUT2D eigenvalue weighted by Crippen LogP contribution is 2.36. The Balaban J connectivity index is 1.51. The standard InChI is InChI=1S/C30H27N7O2S/c1-4-29-31-26-18-17-21(36(3)40(38,39)22-11-6-5-7-12-22)19-28(26)37(29)27-16-10-15-23(20(27)2)24-13-8-9-14-25(24)30-32-34-35-33-30/h5-19H,4H2,1-3H3,(H,32,33,34,35). The number of imidazole rings is 1. The first-order chi connectivity index (χ1) is 19.4. The molecule has 4 aromatic carbocycles. The average Bonchev–Trinajstić information content (AvgIpc) is 3.65. The predicted octanol–water partition coefficient (Wildman–Crippen LogP) is 5.57. The van der Waals surface area contributed by atoms with Crippen molar-refractivity contribution in [2.45, 2.75) is 25.2 Å². The highest BCUT2D eigenvalue weighted by atomic mass is 32.2. The summed E-state index contributed by atoms with van der Waals surface area (Å²) in [5.41, 5.74) is 7.12. The summed E-state index contributed by atoms with van der Waals surface area (Å²) in [6.07, 6.45) is 0.701. The lowest BCUT2D eigenvalue weighted by molar-refractivity contribution is 0.594. The van der Waals surface area contributed by atoms with Crippen molar-refractivity contribution in [1.82, 2.24) is 30.2 Å². The first-order valence-electron chi connectivity index (χ1n) is 12.9. The van der Waals surface area contributed by atoms with Crippen molar-refractivity contribution < 1.29 is 8.42 Å². The molecule has 0 aliphatic rings. The van der Waals surface area contributed by atoms with Crippen LogP contribution in [0.2, 0.25) is 0 Å². The molecular formula is C30H27N7O2S. The first kappa shape index (κ1) is 25.4. The maximum absolute atomic E-state index is 13.4. The van der Waals surface area contributed by atoms with E-state index in [-0.39, 0.29) is 4.90 Å². The molecule has 0 amide bonds. The minimum atomic E-state index is -3.73. The maximum atomic E-state index is 13.4. The highest BCUT2D eigenvalue weighted by Gasteiger charge is 2.23. The van der Waals surface area contributed by atoms with Crippen molar-refractivity contribution in [3.05, 3.63) is 102 Å². The summed E-state index contributed by atoms with van der Waals surface area (Å²) < 4.78 is 30.2. The fraction of sp³-hybridized carbons (Fsp3) is 0.133. The Bertz CT molecular complexity index is 1930. The number of rotatable bonds is 7. The Morgan fingerprint density at radius 2 is 1.60 bits per heavy atom. The summed E-state index contributed by atoms with van der Waals surface area (Å²) in [4.78, 5) is 5.13. The molecule has 9 nitrogen and oxygen atoms in total. The topological polar surface area (TPSA) is 110 Å². The lowest BCUT2D eigenvalue weighted by Crippen LogP contribution is -2.26. The third kappa shape index (κ3) is 4.22. The maximum Gasteiger partial charge on any atom is 0.264 e. The summed E-state index contributed by atoms with van der Waals surface area (Å²) in [6.45, 7) is 4.15. The van der Waals surface area contributed by atoms with E-state index in [1.54, 1.807) is 43.4 Å². The molecule has 0 spiro atoms. The van der Waals surface area contributed by atoms with Crippen LogP contribution in [-0.2, 0) is 16.4 Å². The largest absolute Gasteiger partial charge is 0.296 e. The second kappa shape index (κ2) is 10.0. The van der Waals surface area contributed by atoms with Crippen molar-refractivity contribution in [3.8, 4) is 28.2 Å². The molecule has 0 bridgehead atoms. The minimum Gasteiger partial charge on any atom is -0.296 e. The van der Waals surface area contributed by atoms with E-state index in [1.165, 1.54) is 4.31 Å². The molecule has 0 saturated heterocycles. The van der Waals surface area contributed by atoms with E-state index in [9.17, 15) is 8.42 Å². The van der Waals surface area contributed by atoms with Gasteiger partial charge in [-0.3, -0.25) is 8.87 Å². The Morgan fingerprint density at radius 3 is 2.33 bits per heavy atom. The van der Waals surface area contributed by atoms with Crippen LogP contribution in [0.5, 0.6) is 0 Å². The van der Waals surface area contributed by atoms with Crippen molar-refractivity contribution in [1.29, 1.82) is 0 Å². The number of H-pyrrole nitrogens is 1. The summed E-state index contributed by atoms with van der Waals surface area (Å²) >= 11 is 0. The van der Waals surface area contributed by atoms with E-state index >= 15 is 0 Å². The van der Waals surface area contributed by atoms with E-state index < -0.39 is 10.0 Å². The number of sulfonamides is 1. The van der Waals surface area contributed by atoms with Gasteiger partial charge in [-0.15, -0.1) is 5.10 Å². The third-order valence-corrected chi connectivity index (χ3v) is 8.95. The Kier molecular flexibility index (Phi) is 6.39. The van der Waals surface area contributed by atoms with Crippen molar-refractivity contribution in [3.63, 3.8) is 0 Å². The van der Waals surface area contributed by atoms with E-state index in [0.717, 1.165) is 44.8 Å². The molecule has 0 radical (unpaired) electrons. The van der Waals surface area contributed by atoms with Crippen LogP contribution in [0, 0.1) is 6.92 Å². The van der Waals surface area contributed by atoms with Gasteiger partial charge in [-0.2, -0.15) is 0 Å². The highest BCUT2D eigenvalue weighted by molar-refractivity contribution is 7.92. The van der Waals surface area contributed by atoms with Crippen LogP contribution in [0.25, 0.3) is 39.2 Å². The molecule has 1 N–H and O–H groups in total. The number of aromatic nitrogens is 6. The van der Waals surface area contributed by atoms with E-state index in [2.05, 4.69) is 57.2 Å². The van der Waals surface area contributed by atoms with Crippen molar-refractivity contribution in [2.75, 3.05) is 11.4 Å². The molecule has 2 heterocycles. The number of tetrazole rings is 1. The van der Waals surface area contributed by atoms with Crippen LogP contribution in [-0.4, -0.2) is 45.6 Å². The van der Waals surface area contributed by atoms with Gasteiger partial charge in [0.15, 0.2) is 5.82 Å². The van der Waals surface area contributed by atoms with Gasteiger partial charge < -0.3 is 0 Å². The van der Waals surface area contributed by atoms with Gasteiger partial charge in [-0.05, 0) is 70.4 Å². The number of nitrogens with one attached hydrogen (secondary N) is 1. The van der Waals surface area contributed by atoms with Gasteiger partial charge in [-0.1, -0.05) is 61.5 Å². The number of hydrogen-bond donors (Lipinski definition) is 1. The summed E-state index contributed by atoms with van der Waals surface area (Å²) in [7, 11) is -2.15. The fourth-order valence-corrected chi connectivity index (χ4v) is 6.27. The SMILES string of the molecule is CCc1nc2ccc(N(C)S(=O)(=O)c3ccccc3)cc2n1-c1cccc(-c2ccccc2-c2nnn[nH]2)c1C. The van der Waals surface area contributed by atoms with Crippen LogP contribution in [0.3, 0.4) is 0 Å². The summed E-state index contributed by atoms with van der Waals surface area (Å²) in [6, 6.07) is 28.2. The predicted molar refractivity (Wildman–Crippen MR) is 156 cm³/mol. The molecular weight excluding hydrogens is 522 g/mol. The minimum absolute atomic E-state index is 0.240. The fourth-order valence-electron chi connectivity index (χ4n) is 5.06. The van der Waals surface area contributed by atoms with E-state index in [1.807, 2.05) is 36.4 Å². The Labute approximate surface area is 232 Å². The van der Waals surface area contributed by atoms with Gasteiger partial charge in [0.2, 0.25) is 0 Å². The molecule has 6 rings (SSSR count). The summed E-state index contributed by atoms with van der Waals surface area (Å²) in [5.74, 6) is 1.48. The molecule has 10 heteroatoms. The zero-order valence-corrected chi connectivity index (χ0v) is 23.1. The number of nitrogens with zero attached hydrogens (tertiary/aromatic N) is 6. The molecule has 2 aromatic heterocycles. The lowest BCUT2D eigenvalue weighted by atomic mass is 9.94. The molecule has 0 unspecified atom stereocenters. The number of fused-ring (bicyclic) bond motifs is 1. The van der Waals surface area contributed by atoms with Gasteiger partial charge in [0.1, 0.15) is 5.82 Å². The van der Waals surface area contributed by atoms with E-state index in [4.69, 9.17) is 4.98 Å². The van der Waals surface area contributed by atoms with Crippen LogP contribution < -0.4 is 4.31 Å². The Hall–Kier alpha value is -4.83. The quantitative estimate of drug-likeness (QED) is 0.279. The van der Waals surface area contributed by atoms with Crippen LogP contribution in [0.1, 0.15) is 18.3 Å². The molecule has 0 aliphatic heterocycles. The third-order valence-electron chi connectivity index (χ3n) is 7.15. The van der Waals surface area contributed by atoms with Crippen LogP contribution in [0.4, 0.5) is 5.69 Å². The van der Waals surface area contributed by atoms with Gasteiger partial charge in [0.05, 0.1) is 27.3 Å².